The molecule has 6 nitrogen and oxygen atoms in total. The summed E-state index contributed by atoms with van der Waals surface area (Å²) in [7, 11) is -3.54. The van der Waals surface area contributed by atoms with E-state index in [0.29, 0.717) is 11.8 Å². The van der Waals surface area contributed by atoms with Gasteiger partial charge in [0.25, 0.3) is 10.0 Å². The van der Waals surface area contributed by atoms with Crippen LogP contribution in [-0.4, -0.2) is 35.7 Å². The number of unbranched alkanes of at least 4 members (excludes halogenated alkanes) is 2. The van der Waals surface area contributed by atoms with Gasteiger partial charge in [0, 0.05) is 17.1 Å². The minimum atomic E-state index is -3.54. The number of hydrogen-bond acceptors (Lipinski definition) is 5. The third-order valence-corrected chi connectivity index (χ3v) is 7.89. The zero-order chi connectivity index (χ0) is 18.2. The van der Waals surface area contributed by atoms with Crippen molar-refractivity contribution in [3.8, 4) is 0 Å². The van der Waals surface area contributed by atoms with Crippen molar-refractivity contribution >= 4 is 43.5 Å². The number of thioether (sulfide) groups is 2. The quantitative estimate of drug-likeness (QED) is 0.671. The fourth-order valence-electron chi connectivity index (χ4n) is 2.76. The predicted octanol–water partition coefficient (Wildman–Crippen LogP) is 1.51. The lowest BCUT2D eigenvalue weighted by Crippen LogP contribution is -2.40. The molecule has 0 radical (unpaired) electrons. The number of halogens is 1. The number of allylic oxidation sites excluding steroid dienone is 2. The Morgan fingerprint density at radius 3 is 2.76 bits per heavy atom. The molecule has 3 heterocycles. The highest BCUT2D eigenvalue weighted by atomic mass is 32.2. The number of hydrogen-bond donors (Lipinski definition) is 0. The molecule has 3 rings (SSSR count). The Labute approximate surface area is 153 Å². The Morgan fingerprint density at radius 1 is 1.28 bits per heavy atom. The summed E-state index contributed by atoms with van der Waals surface area (Å²) < 4.78 is 43.8. The second kappa shape index (κ2) is 7.32. The zero-order valence-electron chi connectivity index (χ0n) is 14.1. The molecular formula is C15H20FN3O3S3. The van der Waals surface area contributed by atoms with E-state index in [1.807, 2.05) is 13.8 Å². The van der Waals surface area contributed by atoms with Crippen LogP contribution in [0.2, 0.25) is 0 Å². The molecule has 0 aromatic carbocycles. The van der Waals surface area contributed by atoms with Crippen LogP contribution in [0.4, 0.5) is 4.39 Å². The van der Waals surface area contributed by atoms with E-state index in [1.54, 1.807) is 28.1 Å². The van der Waals surface area contributed by atoms with Gasteiger partial charge in [0.15, 0.2) is 5.49 Å². The van der Waals surface area contributed by atoms with Crippen molar-refractivity contribution in [1.29, 1.82) is 0 Å². The van der Waals surface area contributed by atoms with Gasteiger partial charge in [-0.25, -0.2) is 13.2 Å². The molecule has 25 heavy (non-hydrogen) atoms. The van der Waals surface area contributed by atoms with Crippen molar-refractivity contribution in [2.24, 2.45) is 4.40 Å². The first-order valence-corrected chi connectivity index (χ1v) is 11.5. The number of aromatic nitrogens is 2. The van der Waals surface area contributed by atoms with E-state index >= 15 is 0 Å². The van der Waals surface area contributed by atoms with Gasteiger partial charge in [-0.1, -0.05) is 18.2 Å². The van der Waals surface area contributed by atoms with E-state index in [2.05, 4.69) is 4.40 Å². The molecule has 0 N–H and O–H groups in total. The first-order valence-electron chi connectivity index (χ1n) is 8.08. The highest BCUT2D eigenvalue weighted by Gasteiger charge is 2.26. The molecule has 0 atom stereocenters. The molecule has 2 aliphatic rings. The van der Waals surface area contributed by atoms with E-state index in [1.165, 1.54) is 4.57 Å². The summed E-state index contributed by atoms with van der Waals surface area (Å²) >= 11 is 3.12. The van der Waals surface area contributed by atoms with Crippen molar-refractivity contribution in [3.05, 3.63) is 26.2 Å². The van der Waals surface area contributed by atoms with Crippen molar-refractivity contribution in [2.45, 2.75) is 39.7 Å². The van der Waals surface area contributed by atoms with E-state index in [9.17, 15) is 17.6 Å². The van der Waals surface area contributed by atoms with E-state index in [-0.39, 0.29) is 30.1 Å². The lowest BCUT2D eigenvalue weighted by Gasteiger charge is -2.16. The van der Waals surface area contributed by atoms with Gasteiger partial charge in [-0.3, -0.25) is 13.5 Å². The van der Waals surface area contributed by atoms with Gasteiger partial charge in [-0.05, 0) is 32.4 Å². The summed E-state index contributed by atoms with van der Waals surface area (Å²) in [6.45, 7) is 3.63. The summed E-state index contributed by atoms with van der Waals surface area (Å²) in [5, 5.41) is 0.580. The lowest BCUT2D eigenvalue weighted by molar-refractivity contribution is 0.460. The normalized spacial score (nSPS) is 18.8. The van der Waals surface area contributed by atoms with Crippen molar-refractivity contribution in [3.63, 3.8) is 0 Å². The van der Waals surface area contributed by atoms with Gasteiger partial charge in [-0.2, -0.15) is 0 Å². The Kier molecular flexibility index (Phi) is 5.50. The summed E-state index contributed by atoms with van der Waals surface area (Å²) in [6, 6.07) is 0. The number of rotatable bonds is 6. The average molecular weight is 406 g/mol. The largest absolute Gasteiger partial charge is 0.334 e. The molecule has 10 heteroatoms. The number of sulfonamides is 1. The van der Waals surface area contributed by atoms with Crippen LogP contribution in [0, 0.1) is 0 Å². The van der Waals surface area contributed by atoms with Gasteiger partial charge < -0.3 is 0 Å². The maximum absolute atomic E-state index is 12.7. The second-order valence-corrected chi connectivity index (χ2v) is 10.3. The van der Waals surface area contributed by atoms with Gasteiger partial charge >= 0.3 is 5.69 Å². The number of alkyl halides is 1. The van der Waals surface area contributed by atoms with Crippen LogP contribution in [0.1, 0.15) is 33.1 Å². The average Bonchev–Trinajstić information content (AvgIpc) is 2.83. The van der Waals surface area contributed by atoms with E-state index < -0.39 is 10.0 Å². The van der Waals surface area contributed by atoms with Crippen LogP contribution in [0.25, 0.3) is 9.93 Å². The summed E-state index contributed by atoms with van der Waals surface area (Å²) in [5.74, 6) is 0.643. The second-order valence-electron chi connectivity index (χ2n) is 5.95. The van der Waals surface area contributed by atoms with Crippen LogP contribution in [0.15, 0.2) is 14.1 Å². The predicted molar refractivity (Wildman–Crippen MR) is 101 cm³/mol. The molecule has 2 aliphatic heterocycles. The minimum Gasteiger partial charge on any atom is -0.274 e. The Balaban J connectivity index is 2.13. The summed E-state index contributed by atoms with van der Waals surface area (Å²) in [4.78, 5) is 13.8. The molecule has 0 aliphatic carbocycles. The molecule has 0 saturated carbocycles. The highest BCUT2D eigenvalue weighted by Crippen LogP contribution is 2.38. The zero-order valence-corrected chi connectivity index (χ0v) is 16.6. The van der Waals surface area contributed by atoms with Gasteiger partial charge in [0.1, 0.15) is 5.35 Å². The third-order valence-electron chi connectivity index (χ3n) is 4.21. The van der Waals surface area contributed by atoms with Crippen LogP contribution in [0.5, 0.6) is 0 Å². The van der Waals surface area contributed by atoms with Crippen LogP contribution >= 0.6 is 23.5 Å². The standard InChI is InChI=1S/C15H20FN3O3S3/c1-10-11(2)24-14(23-8-5-3-4-6-16)12-13-17-25(21,22)9-7-18(13)15(20)19(10)12/h3-9H2,1-2H3. The molecule has 0 fully saturated rings. The third kappa shape index (κ3) is 3.61. The lowest BCUT2D eigenvalue weighted by atomic mass is 10.3. The van der Waals surface area contributed by atoms with Crippen LogP contribution < -0.4 is 16.5 Å². The number of fused-ring (bicyclic) bond motifs is 3. The number of nitrogens with zero attached hydrogens (tertiary/aromatic N) is 3. The Hall–Kier alpha value is -1.00. The fraction of sp³-hybridized carbons (Fsp3) is 0.600. The monoisotopic (exact) mass is 405 g/mol. The topological polar surface area (TPSA) is 73.4 Å². The van der Waals surface area contributed by atoms with Crippen LogP contribution in [0.3, 0.4) is 0 Å². The highest BCUT2D eigenvalue weighted by molar-refractivity contribution is 8.31. The molecule has 0 unspecified atom stereocenters. The maximum atomic E-state index is 12.7. The van der Waals surface area contributed by atoms with Crippen molar-refractivity contribution in [2.75, 3.05) is 18.2 Å². The fourth-order valence-corrected chi connectivity index (χ4v) is 6.22. The van der Waals surface area contributed by atoms with Gasteiger partial charge in [0.05, 0.1) is 16.7 Å². The minimum absolute atomic E-state index is 0.130. The van der Waals surface area contributed by atoms with E-state index in [0.717, 1.165) is 33.4 Å². The smallest absolute Gasteiger partial charge is 0.274 e. The Morgan fingerprint density at radius 2 is 2.04 bits per heavy atom. The first-order chi connectivity index (χ1) is 11.9. The van der Waals surface area contributed by atoms with E-state index in [4.69, 9.17) is 0 Å². The van der Waals surface area contributed by atoms with Gasteiger partial charge in [0.2, 0.25) is 0 Å². The molecule has 0 saturated heterocycles. The molecule has 0 bridgehead atoms. The molecule has 138 valence electrons. The van der Waals surface area contributed by atoms with Crippen molar-refractivity contribution in [1.82, 2.24) is 9.13 Å². The molecular weight excluding hydrogens is 385 g/mol. The molecule has 1 aromatic rings. The maximum Gasteiger partial charge on any atom is 0.334 e. The van der Waals surface area contributed by atoms with Crippen molar-refractivity contribution < 1.29 is 12.8 Å². The molecule has 1 aromatic heterocycles. The summed E-state index contributed by atoms with van der Waals surface area (Å²) in [5.41, 5.74) is 0.805. The molecule has 0 amide bonds. The van der Waals surface area contributed by atoms with Crippen LogP contribution in [-0.2, 0) is 16.6 Å². The molecule has 0 spiro atoms. The number of imidazole rings is 1. The summed E-state index contributed by atoms with van der Waals surface area (Å²) in [6.07, 6.45) is 2.24. The van der Waals surface area contributed by atoms with Gasteiger partial charge in [-0.15, -0.1) is 16.2 Å². The SMILES string of the molecule is CC1=C(C)n2c(c3n(c2=O)CCS(=O)(=O)N=3)=C(SCCCCCF)S1. The Bertz CT molecular complexity index is 1010. The first kappa shape index (κ1) is 18.8.